The molecule has 0 bridgehead atoms. The van der Waals surface area contributed by atoms with Crippen molar-refractivity contribution in [1.29, 1.82) is 0 Å². The van der Waals surface area contributed by atoms with Crippen molar-refractivity contribution in [2.75, 3.05) is 0 Å². The number of carbonyl (C=O) groups is 2. The summed E-state index contributed by atoms with van der Waals surface area (Å²) in [5.74, 6) is -1.83. The third kappa shape index (κ3) is 4.10. The molecule has 1 aromatic carbocycles. The SMILES string of the molecule is CCC(NC(=O)Cc1c(C)nn(C(F)F)c1C)(C(=O)O)c1ccc(Cl)cc1. The molecule has 0 fully saturated rings. The van der Waals surface area contributed by atoms with Gasteiger partial charge in [-0.1, -0.05) is 30.7 Å². The Labute approximate surface area is 160 Å². The number of aromatic nitrogens is 2. The van der Waals surface area contributed by atoms with Crippen LogP contribution in [0.4, 0.5) is 8.78 Å². The van der Waals surface area contributed by atoms with Crippen molar-refractivity contribution in [3.63, 3.8) is 0 Å². The normalized spacial score (nSPS) is 13.4. The highest BCUT2D eigenvalue weighted by Gasteiger charge is 2.40. The standard InChI is InChI=1S/C18H20ClF2N3O3/c1-4-18(16(26)27,12-5-7-13(19)8-6-12)22-15(25)9-14-10(2)23-24(11(14)3)17(20)21/h5-8,17H,4,9H2,1-3H3,(H,22,25)(H,26,27). The van der Waals surface area contributed by atoms with Crippen LogP contribution in [-0.2, 0) is 21.5 Å². The highest BCUT2D eigenvalue weighted by molar-refractivity contribution is 6.30. The zero-order valence-electron chi connectivity index (χ0n) is 15.1. The number of alkyl halides is 2. The minimum Gasteiger partial charge on any atom is -0.479 e. The molecule has 1 amide bonds. The van der Waals surface area contributed by atoms with E-state index in [2.05, 4.69) is 10.4 Å². The Morgan fingerprint density at radius 1 is 1.30 bits per heavy atom. The zero-order valence-corrected chi connectivity index (χ0v) is 15.8. The summed E-state index contributed by atoms with van der Waals surface area (Å²) in [6.07, 6.45) is -0.170. The molecule has 1 heterocycles. The number of hydrogen-bond donors (Lipinski definition) is 2. The molecule has 0 aliphatic heterocycles. The van der Waals surface area contributed by atoms with Gasteiger partial charge in [0.15, 0.2) is 5.54 Å². The zero-order chi connectivity index (χ0) is 20.4. The molecule has 0 saturated heterocycles. The number of nitrogens with zero attached hydrogens (tertiary/aromatic N) is 2. The molecule has 2 N–H and O–H groups in total. The van der Waals surface area contributed by atoms with Gasteiger partial charge in [-0.15, -0.1) is 0 Å². The van der Waals surface area contributed by atoms with Crippen LogP contribution in [0.1, 0.15) is 42.4 Å². The maximum atomic E-state index is 13.0. The summed E-state index contributed by atoms with van der Waals surface area (Å²) in [6.45, 7) is 1.79. The molecule has 146 valence electrons. The van der Waals surface area contributed by atoms with Gasteiger partial charge in [-0.25, -0.2) is 9.48 Å². The monoisotopic (exact) mass is 399 g/mol. The number of rotatable bonds is 7. The number of halogens is 3. The number of carbonyl (C=O) groups excluding carboxylic acids is 1. The lowest BCUT2D eigenvalue weighted by atomic mass is 9.87. The fourth-order valence-electron chi connectivity index (χ4n) is 3.01. The molecule has 27 heavy (non-hydrogen) atoms. The lowest BCUT2D eigenvalue weighted by Crippen LogP contribution is -2.52. The van der Waals surface area contributed by atoms with Crippen LogP contribution in [0.25, 0.3) is 0 Å². The van der Waals surface area contributed by atoms with Crippen molar-refractivity contribution in [3.8, 4) is 0 Å². The summed E-state index contributed by atoms with van der Waals surface area (Å²) >= 11 is 5.85. The molecule has 1 atom stereocenters. The van der Waals surface area contributed by atoms with E-state index in [0.717, 1.165) is 0 Å². The molecule has 0 radical (unpaired) electrons. The number of carboxylic acid groups (broad SMARTS) is 1. The second kappa shape index (κ2) is 8.04. The topological polar surface area (TPSA) is 84.2 Å². The maximum Gasteiger partial charge on any atom is 0.334 e. The van der Waals surface area contributed by atoms with Gasteiger partial charge in [-0.2, -0.15) is 13.9 Å². The highest BCUT2D eigenvalue weighted by atomic mass is 35.5. The molecule has 2 aromatic rings. The van der Waals surface area contributed by atoms with E-state index in [4.69, 9.17) is 11.6 Å². The predicted molar refractivity (Wildman–Crippen MR) is 95.9 cm³/mol. The fourth-order valence-corrected chi connectivity index (χ4v) is 3.14. The molecule has 0 aliphatic carbocycles. The van der Waals surface area contributed by atoms with E-state index in [9.17, 15) is 23.5 Å². The van der Waals surface area contributed by atoms with Crippen molar-refractivity contribution in [2.45, 2.75) is 45.7 Å². The largest absolute Gasteiger partial charge is 0.479 e. The van der Waals surface area contributed by atoms with Gasteiger partial charge >= 0.3 is 12.5 Å². The van der Waals surface area contributed by atoms with Gasteiger partial charge < -0.3 is 10.4 Å². The Kier molecular flexibility index (Phi) is 6.20. The molecule has 2 rings (SSSR count). The maximum absolute atomic E-state index is 13.0. The number of amides is 1. The van der Waals surface area contributed by atoms with Crippen LogP contribution >= 0.6 is 11.6 Å². The van der Waals surface area contributed by atoms with Crippen LogP contribution in [0.2, 0.25) is 5.02 Å². The van der Waals surface area contributed by atoms with E-state index in [1.807, 2.05) is 0 Å². The molecule has 6 nitrogen and oxygen atoms in total. The number of aryl methyl sites for hydroxylation is 1. The molecular weight excluding hydrogens is 380 g/mol. The third-order valence-corrected chi connectivity index (χ3v) is 4.83. The van der Waals surface area contributed by atoms with Crippen molar-refractivity contribution in [2.24, 2.45) is 0 Å². The van der Waals surface area contributed by atoms with Crippen LogP contribution in [0.3, 0.4) is 0 Å². The van der Waals surface area contributed by atoms with Gasteiger partial charge in [0.25, 0.3) is 0 Å². The highest BCUT2D eigenvalue weighted by Crippen LogP contribution is 2.28. The predicted octanol–water partition coefficient (Wildman–Crippen LogP) is 3.60. The first-order valence-electron chi connectivity index (χ1n) is 8.25. The fraction of sp³-hybridized carbons (Fsp3) is 0.389. The Hall–Kier alpha value is -2.48. The second-order valence-corrected chi connectivity index (χ2v) is 6.60. The van der Waals surface area contributed by atoms with Crippen molar-refractivity contribution < 1.29 is 23.5 Å². The van der Waals surface area contributed by atoms with Crippen LogP contribution < -0.4 is 5.32 Å². The van der Waals surface area contributed by atoms with E-state index in [1.165, 1.54) is 38.1 Å². The van der Waals surface area contributed by atoms with Crippen molar-refractivity contribution in [1.82, 2.24) is 15.1 Å². The lowest BCUT2D eigenvalue weighted by molar-refractivity contribution is -0.148. The molecule has 0 aliphatic rings. The quantitative estimate of drug-likeness (QED) is 0.745. The van der Waals surface area contributed by atoms with Gasteiger partial charge in [0.05, 0.1) is 12.1 Å². The molecule has 0 spiro atoms. The van der Waals surface area contributed by atoms with E-state index in [-0.39, 0.29) is 18.5 Å². The van der Waals surface area contributed by atoms with Gasteiger partial charge in [0.1, 0.15) is 0 Å². The van der Waals surface area contributed by atoms with E-state index in [1.54, 1.807) is 6.92 Å². The Morgan fingerprint density at radius 3 is 2.33 bits per heavy atom. The number of nitrogens with one attached hydrogen (secondary N) is 1. The van der Waals surface area contributed by atoms with Crippen LogP contribution in [-0.4, -0.2) is 26.8 Å². The molecular formula is C18H20ClF2N3O3. The average Bonchev–Trinajstić information content (AvgIpc) is 2.88. The van der Waals surface area contributed by atoms with E-state index >= 15 is 0 Å². The van der Waals surface area contributed by atoms with Crippen LogP contribution in [0.5, 0.6) is 0 Å². The van der Waals surface area contributed by atoms with Crippen LogP contribution in [0, 0.1) is 13.8 Å². The van der Waals surface area contributed by atoms with Crippen molar-refractivity contribution in [3.05, 3.63) is 51.8 Å². The van der Waals surface area contributed by atoms with Gasteiger partial charge in [-0.05, 0) is 38.0 Å². The minimum absolute atomic E-state index is 0.0873. The smallest absolute Gasteiger partial charge is 0.334 e. The number of benzene rings is 1. The van der Waals surface area contributed by atoms with Gasteiger partial charge in [0, 0.05) is 16.3 Å². The van der Waals surface area contributed by atoms with E-state index in [0.29, 0.717) is 26.5 Å². The average molecular weight is 400 g/mol. The summed E-state index contributed by atoms with van der Waals surface area (Å²) in [5.41, 5.74) is -0.470. The summed E-state index contributed by atoms with van der Waals surface area (Å²) in [4.78, 5) is 24.6. The summed E-state index contributed by atoms with van der Waals surface area (Å²) in [7, 11) is 0. The van der Waals surface area contributed by atoms with Crippen molar-refractivity contribution >= 4 is 23.5 Å². The molecule has 1 unspecified atom stereocenters. The first-order valence-corrected chi connectivity index (χ1v) is 8.63. The Bertz CT molecular complexity index is 852. The second-order valence-electron chi connectivity index (χ2n) is 6.17. The summed E-state index contributed by atoms with van der Waals surface area (Å²) in [5, 5.41) is 16.5. The Morgan fingerprint density at radius 2 is 1.89 bits per heavy atom. The molecule has 1 aromatic heterocycles. The molecule has 9 heteroatoms. The van der Waals surface area contributed by atoms with Gasteiger partial charge in [-0.3, -0.25) is 4.79 Å². The van der Waals surface area contributed by atoms with Crippen LogP contribution in [0.15, 0.2) is 24.3 Å². The summed E-state index contributed by atoms with van der Waals surface area (Å²) < 4.78 is 26.5. The number of hydrogen-bond acceptors (Lipinski definition) is 3. The number of aliphatic carboxylic acids is 1. The van der Waals surface area contributed by atoms with E-state index < -0.39 is 24.0 Å². The third-order valence-electron chi connectivity index (χ3n) is 4.58. The number of carboxylic acids is 1. The summed E-state index contributed by atoms with van der Waals surface area (Å²) in [6, 6.07) is 6.14. The minimum atomic E-state index is -2.82. The first-order chi connectivity index (χ1) is 12.6. The lowest BCUT2D eigenvalue weighted by Gasteiger charge is -2.30. The first kappa shape index (κ1) is 20.8. The van der Waals surface area contributed by atoms with Gasteiger partial charge in [0.2, 0.25) is 5.91 Å². The Balaban J connectivity index is 2.33. The molecule has 0 saturated carbocycles.